The molecule has 1 N–H and O–H groups in total. The standard InChI is InChI=1S/C14H24N2O3S2/c1-21(18,19)11-14-15-12(10-20-14)9-16-7-4-2-3-5-13(16)6-8-17/h10,13,17H,2-9,11H2,1H3. The summed E-state index contributed by atoms with van der Waals surface area (Å²) in [6.45, 7) is 2.01. The lowest BCUT2D eigenvalue weighted by Crippen LogP contribution is -2.35. The third-order valence-corrected chi connectivity index (χ3v) is 5.69. The van der Waals surface area contributed by atoms with E-state index >= 15 is 0 Å². The lowest BCUT2D eigenvalue weighted by Gasteiger charge is -2.28. The molecule has 0 aromatic carbocycles. The van der Waals surface area contributed by atoms with Crippen LogP contribution in [-0.4, -0.2) is 48.9 Å². The highest BCUT2D eigenvalue weighted by Gasteiger charge is 2.21. The number of aliphatic hydroxyl groups excluding tert-OH is 1. The van der Waals surface area contributed by atoms with Crippen molar-refractivity contribution in [1.82, 2.24) is 9.88 Å². The molecule has 0 bridgehead atoms. The molecule has 1 fully saturated rings. The van der Waals surface area contributed by atoms with E-state index in [-0.39, 0.29) is 12.4 Å². The summed E-state index contributed by atoms with van der Waals surface area (Å²) in [5.74, 6) is 0.0255. The molecule has 1 aliphatic rings. The molecule has 120 valence electrons. The predicted molar refractivity (Wildman–Crippen MR) is 85.0 cm³/mol. The second-order valence-electron chi connectivity index (χ2n) is 5.79. The molecule has 1 saturated heterocycles. The minimum atomic E-state index is -3.02. The summed E-state index contributed by atoms with van der Waals surface area (Å²) in [4.78, 5) is 6.84. The summed E-state index contributed by atoms with van der Waals surface area (Å²) >= 11 is 1.42. The third-order valence-electron chi connectivity index (χ3n) is 3.81. The van der Waals surface area contributed by atoms with Crippen molar-refractivity contribution in [1.29, 1.82) is 0 Å². The fourth-order valence-electron chi connectivity index (χ4n) is 2.84. The van der Waals surface area contributed by atoms with Gasteiger partial charge in [-0.05, 0) is 25.8 Å². The Morgan fingerprint density at radius 2 is 2.24 bits per heavy atom. The van der Waals surface area contributed by atoms with Crippen molar-refractivity contribution in [2.75, 3.05) is 19.4 Å². The zero-order chi connectivity index (χ0) is 15.3. The summed E-state index contributed by atoms with van der Waals surface area (Å²) in [7, 11) is -3.02. The molecule has 1 aliphatic heterocycles. The van der Waals surface area contributed by atoms with Crippen LogP contribution < -0.4 is 0 Å². The molecule has 1 unspecified atom stereocenters. The van der Waals surface area contributed by atoms with Gasteiger partial charge in [0.05, 0.1) is 5.69 Å². The number of aromatic nitrogens is 1. The van der Waals surface area contributed by atoms with E-state index in [0.29, 0.717) is 11.0 Å². The molecule has 2 rings (SSSR count). The third kappa shape index (κ3) is 5.65. The van der Waals surface area contributed by atoms with Crippen molar-refractivity contribution in [3.8, 4) is 0 Å². The number of likely N-dealkylation sites (tertiary alicyclic amines) is 1. The molecule has 7 heteroatoms. The quantitative estimate of drug-likeness (QED) is 0.860. The van der Waals surface area contributed by atoms with E-state index in [1.54, 1.807) is 0 Å². The second kappa shape index (κ2) is 7.67. The van der Waals surface area contributed by atoms with Crippen molar-refractivity contribution in [3.05, 3.63) is 16.1 Å². The maximum atomic E-state index is 11.3. The summed E-state index contributed by atoms with van der Waals surface area (Å²) in [5.41, 5.74) is 0.948. The summed E-state index contributed by atoms with van der Waals surface area (Å²) in [6, 6.07) is 0.414. The van der Waals surface area contributed by atoms with Gasteiger partial charge >= 0.3 is 0 Å². The average Bonchev–Trinajstić information content (AvgIpc) is 2.68. The van der Waals surface area contributed by atoms with Crippen LogP contribution >= 0.6 is 11.3 Å². The van der Waals surface area contributed by atoms with E-state index in [0.717, 1.165) is 31.6 Å². The number of thiazole rings is 1. The largest absolute Gasteiger partial charge is 0.396 e. The summed E-state index contributed by atoms with van der Waals surface area (Å²) in [6.07, 6.45) is 6.82. The molecule has 2 heterocycles. The van der Waals surface area contributed by atoms with Crippen LogP contribution in [0.2, 0.25) is 0 Å². The number of sulfone groups is 1. The average molecular weight is 332 g/mol. The number of nitrogens with zero attached hydrogens (tertiary/aromatic N) is 2. The van der Waals surface area contributed by atoms with Gasteiger partial charge in [0.1, 0.15) is 10.8 Å². The predicted octanol–water partition coefficient (Wildman–Crippen LogP) is 1.81. The maximum absolute atomic E-state index is 11.3. The second-order valence-corrected chi connectivity index (χ2v) is 8.87. The number of hydrogen-bond acceptors (Lipinski definition) is 6. The van der Waals surface area contributed by atoms with Crippen molar-refractivity contribution in [2.45, 2.75) is 50.4 Å². The molecular weight excluding hydrogens is 308 g/mol. The molecule has 0 amide bonds. The van der Waals surface area contributed by atoms with E-state index in [9.17, 15) is 13.5 Å². The first kappa shape index (κ1) is 16.9. The summed E-state index contributed by atoms with van der Waals surface area (Å²) in [5, 5.41) is 11.8. The highest BCUT2D eigenvalue weighted by Crippen LogP contribution is 2.22. The minimum Gasteiger partial charge on any atom is -0.396 e. The van der Waals surface area contributed by atoms with Crippen molar-refractivity contribution >= 4 is 21.2 Å². The van der Waals surface area contributed by atoms with Crippen molar-refractivity contribution in [2.24, 2.45) is 0 Å². The molecule has 0 saturated carbocycles. The molecule has 5 nitrogen and oxygen atoms in total. The van der Waals surface area contributed by atoms with Crippen LogP contribution in [-0.2, 0) is 22.1 Å². The van der Waals surface area contributed by atoms with Crippen LogP contribution in [0.15, 0.2) is 5.38 Å². The van der Waals surface area contributed by atoms with Gasteiger partial charge in [0.15, 0.2) is 9.84 Å². The van der Waals surface area contributed by atoms with Gasteiger partial charge in [-0.2, -0.15) is 0 Å². The Morgan fingerprint density at radius 3 is 2.95 bits per heavy atom. The highest BCUT2D eigenvalue weighted by atomic mass is 32.2. The van der Waals surface area contributed by atoms with Crippen LogP contribution in [0.25, 0.3) is 0 Å². The van der Waals surface area contributed by atoms with Gasteiger partial charge < -0.3 is 5.11 Å². The zero-order valence-corrected chi connectivity index (χ0v) is 14.1. The van der Waals surface area contributed by atoms with Gasteiger partial charge in [-0.3, -0.25) is 4.90 Å². The Morgan fingerprint density at radius 1 is 1.43 bits per heavy atom. The fraction of sp³-hybridized carbons (Fsp3) is 0.786. The van der Waals surface area contributed by atoms with E-state index in [1.165, 1.54) is 36.9 Å². The lowest BCUT2D eigenvalue weighted by atomic mass is 10.1. The lowest BCUT2D eigenvalue weighted by molar-refractivity contribution is 0.150. The zero-order valence-electron chi connectivity index (χ0n) is 12.5. The molecule has 1 atom stereocenters. The molecule has 0 radical (unpaired) electrons. The molecular formula is C14H24N2O3S2. The van der Waals surface area contributed by atoms with E-state index in [4.69, 9.17) is 0 Å². The first-order valence-corrected chi connectivity index (χ1v) is 10.4. The molecule has 21 heavy (non-hydrogen) atoms. The molecule has 0 aliphatic carbocycles. The first-order valence-electron chi connectivity index (χ1n) is 7.44. The Balaban J connectivity index is 2.01. The van der Waals surface area contributed by atoms with Crippen molar-refractivity contribution in [3.63, 3.8) is 0 Å². The minimum absolute atomic E-state index is 0.0255. The van der Waals surface area contributed by atoms with E-state index in [1.807, 2.05) is 5.38 Å². The number of rotatable bonds is 6. The van der Waals surface area contributed by atoms with Gasteiger partial charge in [-0.15, -0.1) is 11.3 Å². The van der Waals surface area contributed by atoms with Crippen molar-refractivity contribution < 1.29 is 13.5 Å². The number of aliphatic hydroxyl groups is 1. The normalized spacial score (nSPS) is 21.3. The number of hydrogen-bond donors (Lipinski definition) is 1. The topological polar surface area (TPSA) is 70.5 Å². The highest BCUT2D eigenvalue weighted by molar-refractivity contribution is 7.90. The van der Waals surface area contributed by atoms with Crippen LogP contribution in [0.1, 0.15) is 42.8 Å². The van der Waals surface area contributed by atoms with Crippen LogP contribution in [0.5, 0.6) is 0 Å². The first-order chi connectivity index (χ1) is 9.98. The smallest absolute Gasteiger partial charge is 0.153 e. The molecule has 1 aromatic heterocycles. The van der Waals surface area contributed by atoms with E-state index in [2.05, 4.69) is 9.88 Å². The Labute approximate surface area is 130 Å². The maximum Gasteiger partial charge on any atom is 0.153 e. The van der Waals surface area contributed by atoms with Gasteiger partial charge in [0, 0.05) is 30.8 Å². The Bertz CT molecular complexity index is 542. The molecule has 1 aromatic rings. The van der Waals surface area contributed by atoms with Gasteiger partial charge in [0.25, 0.3) is 0 Å². The van der Waals surface area contributed by atoms with Gasteiger partial charge in [-0.25, -0.2) is 13.4 Å². The summed E-state index contributed by atoms with van der Waals surface area (Å²) < 4.78 is 22.6. The molecule has 0 spiro atoms. The van der Waals surface area contributed by atoms with Crippen LogP contribution in [0.3, 0.4) is 0 Å². The Hall–Kier alpha value is -0.500. The van der Waals surface area contributed by atoms with Gasteiger partial charge in [0.2, 0.25) is 0 Å². The van der Waals surface area contributed by atoms with Crippen LogP contribution in [0.4, 0.5) is 0 Å². The fourth-order valence-corrected chi connectivity index (χ4v) is 4.84. The van der Waals surface area contributed by atoms with E-state index < -0.39 is 9.84 Å². The Kier molecular flexibility index (Phi) is 6.16. The monoisotopic (exact) mass is 332 g/mol. The van der Waals surface area contributed by atoms with Gasteiger partial charge in [-0.1, -0.05) is 12.8 Å². The van der Waals surface area contributed by atoms with Crippen LogP contribution in [0, 0.1) is 0 Å². The SMILES string of the molecule is CS(=O)(=O)Cc1nc(CN2CCCCCC2CCO)cs1.